The monoisotopic (exact) mass is 997 g/mol. The molecular formula is C54H108O15. The van der Waals surface area contributed by atoms with Gasteiger partial charge in [-0.25, -0.2) is 0 Å². The van der Waals surface area contributed by atoms with Crippen molar-refractivity contribution in [1.29, 1.82) is 0 Å². The van der Waals surface area contributed by atoms with Crippen LogP contribution in [0.1, 0.15) is 119 Å². The molecule has 0 aromatic carbocycles. The van der Waals surface area contributed by atoms with Crippen LogP contribution in [0.5, 0.6) is 0 Å². The second-order valence-electron chi connectivity index (χ2n) is 22.1. The van der Waals surface area contributed by atoms with Crippen LogP contribution < -0.4 is 0 Å². The molecule has 6 aliphatic rings. The van der Waals surface area contributed by atoms with Gasteiger partial charge in [-0.3, -0.25) is 0 Å². The van der Waals surface area contributed by atoms with Gasteiger partial charge in [-0.1, -0.05) is 80.6 Å². The SMILES string of the molecule is CCC1(COC)COC1.CCCCCCOCC1(C)COC1.COCC1(C)COC1.COCCCCCCOCC1(C)COC1.COCCCCOCC1(C)COC1.COCCOCC1(C)COC1. The van der Waals surface area contributed by atoms with Gasteiger partial charge in [0.15, 0.2) is 0 Å². The maximum absolute atomic E-state index is 5.64. The summed E-state index contributed by atoms with van der Waals surface area (Å²) in [6, 6.07) is 0. The minimum absolute atomic E-state index is 0.272. The summed E-state index contributed by atoms with van der Waals surface area (Å²) in [4.78, 5) is 0. The summed E-state index contributed by atoms with van der Waals surface area (Å²) in [5.41, 5.74) is 1.89. The van der Waals surface area contributed by atoms with Crippen molar-refractivity contribution in [3.8, 4) is 0 Å². The van der Waals surface area contributed by atoms with Crippen LogP contribution in [0.4, 0.5) is 0 Å². The van der Waals surface area contributed by atoms with E-state index in [9.17, 15) is 0 Å². The molecule has 0 spiro atoms. The number of methoxy groups -OCH3 is 5. The summed E-state index contributed by atoms with van der Waals surface area (Å²) < 4.78 is 77.6. The zero-order chi connectivity index (χ0) is 51.1. The van der Waals surface area contributed by atoms with E-state index in [1.54, 1.807) is 35.5 Å². The topological polar surface area (TPSA) is 138 Å². The Balaban J connectivity index is 0.000000418. The Morgan fingerprint density at radius 2 is 0.580 bits per heavy atom. The molecule has 0 N–H and O–H groups in total. The summed E-state index contributed by atoms with van der Waals surface area (Å²) in [5, 5.41) is 0. The summed E-state index contributed by atoms with van der Waals surface area (Å²) in [6.45, 7) is 36.5. The molecule has 69 heavy (non-hydrogen) atoms. The smallest absolute Gasteiger partial charge is 0.0700 e. The lowest BCUT2D eigenvalue weighted by molar-refractivity contribution is -0.144. The minimum atomic E-state index is 0.272. The molecule has 6 saturated heterocycles. The average molecular weight is 997 g/mol. The zero-order valence-electron chi connectivity index (χ0n) is 46.6. The lowest BCUT2D eigenvalue weighted by atomic mass is 9.84. The normalized spacial score (nSPS) is 20.9. The van der Waals surface area contributed by atoms with Crippen LogP contribution >= 0.6 is 0 Å². The van der Waals surface area contributed by atoms with Crippen molar-refractivity contribution in [2.75, 3.05) is 201 Å². The Kier molecular flexibility index (Phi) is 38.3. The third-order valence-electron chi connectivity index (χ3n) is 12.7. The Labute approximate surface area is 422 Å². The number of ether oxygens (including phenoxy) is 15. The Morgan fingerprint density at radius 1 is 0.290 bits per heavy atom. The van der Waals surface area contributed by atoms with Gasteiger partial charge in [-0.05, 0) is 38.5 Å². The third kappa shape index (κ3) is 32.3. The molecule has 414 valence electrons. The fraction of sp³-hybridized carbons (Fsp3) is 1.00. The molecular weight excluding hydrogens is 889 g/mol. The van der Waals surface area contributed by atoms with Crippen molar-refractivity contribution in [1.82, 2.24) is 0 Å². The van der Waals surface area contributed by atoms with Gasteiger partial charge in [0.1, 0.15) is 0 Å². The predicted octanol–water partition coefficient (Wildman–Crippen LogP) is 8.75. The van der Waals surface area contributed by atoms with Gasteiger partial charge in [0.25, 0.3) is 0 Å². The first-order valence-corrected chi connectivity index (χ1v) is 26.4. The first-order valence-electron chi connectivity index (χ1n) is 26.4. The van der Waals surface area contributed by atoms with E-state index in [4.69, 9.17) is 71.1 Å². The Morgan fingerprint density at radius 3 is 0.826 bits per heavy atom. The second-order valence-corrected chi connectivity index (χ2v) is 22.1. The van der Waals surface area contributed by atoms with Gasteiger partial charge in [0, 0.05) is 101 Å². The first-order chi connectivity index (χ1) is 33.2. The highest BCUT2D eigenvalue weighted by molar-refractivity contribution is 4.84. The van der Waals surface area contributed by atoms with Crippen LogP contribution in [-0.2, 0) is 71.1 Å². The molecule has 15 heteroatoms. The summed E-state index contributed by atoms with van der Waals surface area (Å²) in [5.74, 6) is 0. The van der Waals surface area contributed by atoms with Crippen LogP contribution in [0.2, 0.25) is 0 Å². The van der Waals surface area contributed by atoms with Crippen LogP contribution in [0.15, 0.2) is 0 Å². The quantitative estimate of drug-likeness (QED) is 0.0579. The van der Waals surface area contributed by atoms with Crippen LogP contribution in [0, 0.1) is 32.5 Å². The Hall–Kier alpha value is -0.600. The van der Waals surface area contributed by atoms with Crippen molar-refractivity contribution in [2.45, 2.75) is 119 Å². The average Bonchev–Trinajstić information content (AvgIpc) is 3.28. The van der Waals surface area contributed by atoms with E-state index in [0.717, 1.165) is 165 Å². The molecule has 0 radical (unpaired) electrons. The van der Waals surface area contributed by atoms with E-state index in [2.05, 4.69) is 48.5 Å². The molecule has 6 heterocycles. The third-order valence-corrected chi connectivity index (χ3v) is 12.7. The summed E-state index contributed by atoms with van der Waals surface area (Å²) in [6.07, 6.45) is 13.3. The number of unbranched alkanes of at least 4 members (excludes halogenated alkanes) is 7. The predicted molar refractivity (Wildman–Crippen MR) is 273 cm³/mol. The van der Waals surface area contributed by atoms with E-state index in [-0.39, 0.29) is 5.41 Å². The zero-order valence-corrected chi connectivity index (χ0v) is 46.6. The molecule has 0 bridgehead atoms. The fourth-order valence-corrected chi connectivity index (χ4v) is 7.41. The van der Waals surface area contributed by atoms with E-state index >= 15 is 0 Å². The highest BCUT2D eigenvalue weighted by Crippen LogP contribution is 2.31. The molecule has 6 aliphatic heterocycles. The van der Waals surface area contributed by atoms with E-state index in [1.807, 2.05) is 0 Å². The molecule has 0 aliphatic carbocycles. The largest absolute Gasteiger partial charge is 0.385 e. The molecule has 0 saturated carbocycles. The molecule has 0 atom stereocenters. The van der Waals surface area contributed by atoms with Gasteiger partial charge >= 0.3 is 0 Å². The lowest BCUT2D eigenvalue weighted by Gasteiger charge is -2.39. The standard InChI is InChI=1S/C12H24O3.C11H22O2.C10H20O3.C8H16O3.C7H14O2.C6H12O2/c1-12(10-15-11-12)9-14-8-6-4-3-5-7-13-2;1-3-4-5-6-7-12-8-11(2)9-13-10-11;1-10(8-13-9-10)7-12-6-4-3-5-11-2;1-8(6-11-7-8)5-10-4-3-9-2;1-3-7(4-8-2)5-9-6-7;1-6(3-7-2)4-8-5-6/h3-11H2,1-2H3;3-10H2,1-2H3;3-9H2,1-2H3;3-7H2,1-2H3;3-6H2,1-2H3;3-5H2,1-2H3. The number of hydrogen-bond acceptors (Lipinski definition) is 15. The van der Waals surface area contributed by atoms with Gasteiger partial charge in [-0.2, -0.15) is 0 Å². The molecule has 6 rings (SSSR count). The summed E-state index contributed by atoms with van der Waals surface area (Å²) in [7, 11) is 8.63. The van der Waals surface area contributed by atoms with Gasteiger partial charge < -0.3 is 71.1 Å². The first kappa shape index (κ1) is 66.4. The van der Waals surface area contributed by atoms with E-state index in [0.29, 0.717) is 40.3 Å². The van der Waals surface area contributed by atoms with Gasteiger partial charge in [0.2, 0.25) is 0 Å². The summed E-state index contributed by atoms with van der Waals surface area (Å²) >= 11 is 0. The van der Waals surface area contributed by atoms with Crippen molar-refractivity contribution >= 4 is 0 Å². The minimum Gasteiger partial charge on any atom is -0.385 e. The maximum atomic E-state index is 5.64. The van der Waals surface area contributed by atoms with Crippen LogP contribution in [0.3, 0.4) is 0 Å². The van der Waals surface area contributed by atoms with Crippen molar-refractivity contribution in [3.63, 3.8) is 0 Å². The van der Waals surface area contributed by atoms with Crippen LogP contribution in [0.25, 0.3) is 0 Å². The molecule has 0 aromatic rings. The Bertz CT molecular complexity index is 1100. The molecule has 0 unspecified atom stereocenters. The number of rotatable bonds is 33. The van der Waals surface area contributed by atoms with Crippen molar-refractivity contribution in [3.05, 3.63) is 0 Å². The molecule has 6 fully saturated rings. The highest BCUT2D eigenvalue weighted by Gasteiger charge is 2.37. The molecule has 0 amide bonds. The molecule has 15 nitrogen and oxygen atoms in total. The lowest BCUT2D eigenvalue weighted by Crippen LogP contribution is -2.45. The van der Waals surface area contributed by atoms with Gasteiger partial charge in [-0.15, -0.1) is 0 Å². The highest BCUT2D eigenvalue weighted by atomic mass is 16.5. The number of hydrogen-bond donors (Lipinski definition) is 0. The van der Waals surface area contributed by atoms with Crippen LogP contribution in [-0.4, -0.2) is 201 Å². The second kappa shape index (κ2) is 39.8. The van der Waals surface area contributed by atoms with Crippen molar-refractivity contribution in [2.24, 2.45) is 32.5 Å². The van der Waals surface area contributed by atoms with Crippen molar-refractivity contribution < 1.29 is 71.1 Å². The van der Waals surface area contributed by atoms with E-state index in [1.165, 1.54) is 57.8 Å². The fourth-order valence-electron chi connectivity index (χ4n) is 7.41. The maximum Gasteiger partial charge on any atom is 0.0700 e. The van der Waals surface area contributed by atoms with E-state index < -0.39 is 0 Å². The molecule has 0 aromatic heterocycles. The van der Waals surface area contributed by atoms with Gasteiger partial charge in [0.05, 0.1) is 132 Å².